The fraction of sp³-hybridized carbons (Fsp3) is 0.692. The Kier molecular flexibility index (Phi) is 3.54. The molecule has 1 amide bonds. The molecule has 1 N–H and O–H groups in total. The van der Waals surface area contributed by atoms with E-state index in [2.05, 4.69) is 9.82 Å². The molecule has 0 aromatic carbocycles. The number of carbonyl (C=O) groups excluding carboxylic acids is 1. The van der Waals surface area contributed by atoms with E-state index in [0.717, 1.165) is 19.3 Å². The molecule has 0 saturated heterocycles. The molecular weight excluding hydrogens is 278 g/mol. The number of aryl methyl sites for hydroxylation is 1. The van der Waals surface area contributed by atoms with Crippen molar-refractivity contribution in [2.45, 2.75) is 43.9 Å². The van der Waals surface area contributed by atoms with Crippen LogP contribution in [-0.4, -0.2) is 29.4 Å². The first kappa shape index (κ1) is 13.6. The second-order valence-corrected chi connectivity index (χ2v) is 7.70. The molecule has 110 valence electrons. The third-order valence-corrected chi connectivity index (χ3v) is 6.34. The van der Waals surface area contributed by atoms with Crippen LogP contribution in [-0.2, 0) is 21.4 Å². The van der Waals surface area contributed by atoms with Crippen LogP contribution in [0.4, 0.5) is 0 Å². The van der Waals surface area contributed by atoms with Gasteiger partial charge in [0.1, 0.15) is 0 Å². The summed E-state index contributed by atoms with van der Waals surface area (Å²) in [6.07, 6.45) is 7.35. The summed E-state index contributed by atoms with van der Waals surface area (Å²) in [5, 5.41) is 3.61. The Balaban J connectivity index is 1.55. The summed E-state index contributed by atoms with van der Waals surface area (Å²) in [5.74, 6) is 0.348. The lowest BCUT2D eigenvalue weighted by Gasteiger charge is -2.21. The molecule has 2 aliphatic carbocycles. The molecule has 2 bridgehead atoms. The van der Waals surface area contributed by atoms with Gasteiger partial charge >= 0.3 is 0 Å². The van der Waals surface area contributed by atoms with E-state index in [4.69, 9.17) is 0 Å². The number of rotatable bonds is 5. The lowest BCUT2D eigenvalue weighted by molar-refractivity contribution is -0.119. The number of amides is 1. The van der Waals surface area contributed by atoms with Gasteiger partial charge in [0.15, 0.2) is 0 Å². The van der Waals surface area contributed by atoms with Gasteiger partial charge in [0.25, 0.3) is 0 Å². The van der Waals surface area contributed by atoms with Gasteiger partial charge < -0.3 is 0 Å². The molecule has 0 spiro atoms. The van der Waals surface area contributed by atoms with Crippen molar-refractivity contribution in [2.24, 2.45) is 11.8 Å². The van der Waals surface area contributed by atoms with Crippen molar-refractivity contribution in [3.63, 3.8) is 0 Å². The quantitative estimate of drug-likeness (QED) is 0.876. The maximum Gasteiger partial charge on any atom is 0.238 e. The lowest BCUT2D eigenvalue weighted by atomic mass is 10.0. The van der Waals surface area contributed by atoms with Gasteiger partial charge in [0.05, 0.1) is 5.25 Å². The Bertz CT molecular complexity index is 582. The second kappa shape index (κ2) is 5.20. The highest BCUT2D eigenvalue weighted by molar-refractivity contribution is 7.90. The van der Waals surface area contributed by atoms with Crippen molar-refractivity contribution < 1.29 is 13.2 Å². The summed E-state index contributed by atoms with van der Waals surface area (Å²) in [6, 6.07) is 1.77. The second-order valence-electron chi connectivity index (χ2n) is 5.80. The maximum absolute atomic E-state index is 12.2. The van der Waals surface area contributed by atoms with Crippen molar-refractivity contribution >= 4 is 15.9 Å². The molecule has 1 aromatic rings. The van der Waals surface area contributed by atoms with Crippen molar-refractivity contribution in [2.75, 3.05) is 0 Å². The van der Waals surface area contributed by atoms with E-state index < -0.39 is 15.9 Å². The molecule has 2 aliphatic rings. The largest absolute Gasteiger partial charge is 0.274 e. The average molecular weight is 297 g/mol. The molecule has 0 radical (unpaired) electrons. The van der Waals surface area contributed by atoms with Crippen molar-refractivity contribution in [3.05, 3.63) is 18.5 Å². The molecule has 2 saturated carbocycles. The molecule has 1 unspecified atom stereocenters. The number of fused-ring (bicyclic) bond motifs is 2. The average Bonchev–Trinajstić information content (AvgIpc) is 3.13. The van der Waals surface area contributed by atoms with Gasteiger partial charge in [0.2, 0.25) is 15.9 Å². The van der Waals surface area contributed by atoms with Gasteiger partial charge in [-0.2, -0.15) is 5.10 Å². The summed E-state index contributed by atoms with van der Waals surface area (Å²) in [4.78, 5) is 11.8. The van der Waals surface area contributed by atoms with E-state index >= 15 is 0 Å². The van der Waals surface area contributed by atoms with Crippen LogP contribution in [0.1, 0.15) is 32.1 Å². The molecule has 0 aliphatic heterocycles. The van der Waals surface area contributed by atoms with Gasteiger partial charge in [-0.3, -0.25) is 14.2 Å². The Morgan fingerprint density at radius 2 is 2.20 bits per heavy atom. The van der Waals surface area contributed by atoms with Gasteiger partial charge in [0, 0.05) is 25.4 Å². The fourth-order valence-corrected chi connectivity index (χ4v) is 5.35. The van der Waals surface area contributed by atoms with E-state index in [1.54, 1.807) is 23.1 Å². The third-order valence-electron chi connectivity index (χ3n) is 4.46. The topological polar surface area (TPSA) is 81.1 Å². The van der Waals surface area contributed by atoms with Crippen LogP contribution in [0.2, 0.25) is 0 Å². The highest BCUT2D eigenvalue weighted by Crippen LogP contribution is 2.47. The number of sulfonamides is 1. The zero-order chi connectivity index (χ0) is 14.2. The Labute approximate surface area is 118 Å². The molecule has 3 atom stereocenters. The van der Waals surface area contributed by atoms with E-state index in [-0.39, 0.29) is 17.6 Å². The number of carbonyl (C=O) groups is 1. The summed E-state index contributed by atoms with van der Waals surface area (Å²) >= 11 is 0. The van der Waals surface area contributed by atoms with Gasteiger partial charge in [-0.25, -0.2) is 8.42 Å². The van der Waals surface area contributed by atoms with Gasteiger partial charge in [-0.05, 0) is 37.2 Å². The zero-order valence-electron chi connectivity index (χ0n) is 11.2. The summed E-state index contributed by atoms with van der Waals surface area (Å²) < 4.78 is 28.3. The molecule has 20 heavy (non-hydrogen) atoms. The van der Waals surface area contributed by atoms with E-state index in [1.165, 1.54) is 0 Å². The molecule has 1 heterocycles. The summed E-state index contributed by atoms with van der Waals surface area (Å²) in [6.45, 7) is 0.394. The standard InChI is InChI=1S/C13H19N3O3S/c17-13(4-7-16-6-1-5-14-16)15-20(18,19)12-9-10-2-3-11(12)8-10/h1,5-6,10-12H,2-4,7-9H2,(H,15,17)/t10-,11+,12?/m1/s1. The van der Waals surface area contributed by atoms with E-state index in [1.807, 2.05) is 0 Å². The van der Waals surface area contributed by atoms with E-state index in [9.17, 15) is 13.2 Å². The van der Waals surface area contributed by atoms with E-state index in [0.29, 0.717) is 18.9 Å². The SMILES string of the molecule is O=C(CCn1cccn1)NS(=O)(=O)C1C[C@@H]2CC[C@H]1C2. The molecule has 3 rings (SSSR count). The molecule has 2 fully saturated rings. The minimum absolute atomic E-state index is 0.127. The first-order valence-electron chi connectivity index (χ1n) is 7.06. The number of nitrogens with zero attached hydrogens (tertiary/aromatic N) is 2. The Hall–Kier alpha value is -1.37. The molecule has 6 nitrogen and oxygen atoms in total. The van der Waals surface area contributed by atoms with Crippen molar-refractivity contribution in [3.8, 4) is 0 Å². The van der Waals surface area contributed by atoms with Crippen LogP contribution in [0.25, 0.3) is 0 Å². The van der Waals surface area contributed by atoms with Gasteiger partial charge in [-0.1, -0.05) is 6.42 Å². The Morgan fingerprint density at radius 1 is 1.35 bits per heavy atom. The highest BCUT2D eigenvalue weighted by atomic mass is 32.2. The molecular formula is C13H19N3O3S. The van der Waals surface area contributed by atoms with Crippen LogP contribution >= 0.6 is 0 Å². The number of nitrogens with one attached hydrogen (secondary N) is 1. The van der Waals surface area contributed by atoms with Gasteiger partial charge in [-0.15, -0.1) is 0 Å². The third kappa shape index (κ3) is 2.72. The van der Waals surface area contributed by atoms with Crippen molar-refractivity contribution in [1.29, 1.82) is 0 Å². The van der Waals surface area contributed by atoms with Crippen molar-refractivity contribution in [1.82, 2.24) is 14.5 Å². The fourth-order valence-electron chi connectivity index (χ4n) is 3.50. The number of aromatic nitrogens is 2. The van der Waals surface area contributed by atoms with Crippen LogP contribution in [0.3, 0.4) is 0 Å². The number of hydrogen-bond acceptors (Lipinski definition) is 4. The monoisotopic (exact) mass is 297 g/mol. The van der Waals surface area contributed by atoms with Crippen LogP contribution < -0.4 is 4.72 Å². The smallest absolute Gasteiger partial charge is 0.238 e. The van der Waals surface area contributed by atoms with Crippen LogP contribution in [0, 0.1) is 11.8 Å². The molecule has 7 heteroatoms. The summed E-state index contributed by atoms with van der Waals surface area (Å²) in [5.41, 5.74) is 0. The minimum Gasteiger partial charge on any atom is -0.274 e. The lowest BCUT2D eigenvalue weighted by Crippen LogP contribution is -2.41. The predicted molar refractivity (Wildman–Crippen MR) is 73.1 cm³/mol. The maximum atomic E-state index is 12.2. The first-order valence-corrected chi connectivity index (χ1v) is 8.61. The molecule has 1 aromatic heterocycles. The van der Waals surface area contributed by atoms with Crippen LogP contribution in [0.15, 0.2) is 18.5 Å². The summed E-state index contributed by atoms with van der Waals surface area (Å²) in [7, 11) is -3.51. The first-order chi connectivity index (χ1) is 9.54. The zero-order valence-corrected chi connectivity index (χ0v) is 12.1. The number of hydrogen-bond donors (Lipinski definition) is 1. The highest BCUT2D eigenvalue weighted by Gasteiger charge is 2.46. The Morgan fingerprint density at radius 3 is 2.80 bits per heavy atom. The minimum atomic E-state index is -3.51. The van der Waals surface area contributed by atoms with Crippen LogP contribution in [0.5, 0.6) is 0 Å². The normalized spacial score (nSPS) is 28.7. The predicted octanol–water partition coefficient (Wildman–Crippen LogP) is 0.908.